The molecular formula is C32H48O9. The predicted octanol–water partition coefficient (Wildman–Crippen LogP) is 4.61. The van der Waals surface area contributed by atoms with E-state index in [1.54, 1.807) is 20.8 Å². The molecule has 2 unspecified atom stereocenters. The first kappa shape index (κ1) is 33.0. The molecule has 3 aliphatic rings. The van der Waals surface area contributed by atoms with E-state index in [4.69, 9.17) is 23.7 Å². The highest BCUT2D eigenvalue weighted by atomic mass is 16.6. The van der Waals surface area contributed by atoms with E-state index in [-0.39, 0.29) is 5.78 Å². The van der Waals surface area contributed by atoms with Gasteiger partial charge in [-0.3, -0.25) is 14.4 Å². The molecule has 0 aromatic rings. The first-order chi connectivity index (χ1) is 19.3. The van der Waals surface area contributed by atoms with Gasteiger partial charge in [-0.2, -0.15) is 0 Å². The lowest BCUT2D eigenvalue weighted by molar-refractivity contribution is -0.185. The van der Waals surface area contributed by atoms with Crippen LogP contribution in [0.3, 0.4) is 0 Å². The summed E-state index contributed by atoms with van der Waals surface area (Å²) >= 11 is 0. The molecular weight excluding hydrogens is 528 g/mol. The number of rotatable bonds is 12. The molecule has 41 heavy (non-hydrogen) atoms. The van der Waals surface area contributed by atoms with Crippen LogP contribution in [0.1, 0.15) is 74.7 Å². The zero-order valence-corrected chi connectivity index (χ0v) is 26.1. The second-order valence-corrected chi connectivity index (χ2v) is 12.3. The van der Waals surface area contributed by atoms with Gasteiger partial charge >= 0.3 is 17.9 Å². The van der Waals surface area contributed by atoms with Gasteiger partial charge in [-0.25, -0.2) is 4.79 Å². The molecule has 0 radical (unpaired) electrons. The quantitative estimate of drug-likeness (QED) is 0.108. The molecule has 230 valence electrons. The second-order valence-electron chi connectivity index (χ2n) is 12.3. The Labute approximate surface area is 244 Å². The van der Waals surface area contributed by atoms with Gasteiger partial charge < -0.3 is 23.7 Å². The minimum Gasteiger partial charge on any atom is -0.457 e. The van der Waals surface area contributed by atoms with E-state index in [9.17, 15) is 19.2 Å². The number of methoxy groups -OCH3 is 1. The smallest absolute Gasteiger partial charge is 0.331 e. The number of Topliss-reactive ketones (excluding diaryl/α,β-unsaturated/α-hetero) is 1. The molecule has 0 aromatic heterocycles. The van der Waals surface area contributed by atoms with Gasteiger partial charge in [0.25, 0.3) is 0 Å². The van der Waals surface area contributed by atoms with Crippen molar-refractivity contribution in [2.45, 2.75) is 105 Å². The van der Waals surface area contributed by atoms with Gasteiger partial charge in [-0.05, 0) is 51.5 Å². The maximum Gasteiger partial charge on any atom is 0.331 e. The summed E-state index contributed by atoms with van der Waals surface area (Å²) in [6, 6.07) is 0. The average Bonchev–Trinajstić information content (AvgIpc) is 3.63. The monoisotopic (exact) mass is 576 g/mol. The van der Waals surface area contributed by atoms with Crippen LogP contribution in [0, 0.1) is 35.5 Å². The normalized spacial score (nSPS) is 35.2. The molecule has 3 rings (SSSR count). The largest absolute Gasteiger partial charge is 0.457 e. The van der Waals surface area contributed by atoms with Crippen LogP contribution in [0.4, 0.5) is 0 Å². The zero-order valence-electron chi connectivity index (χ0n) is 26.1. The summed E-state index contributed by atoms with van der Waals surface area (Å²) < 4.78 is 29.7. The molecule has 1 aliphatic heterocycles. The number of hydrogen-bond acceptors (Lipinski definition) is 9. The Kier molecular flexibility index (Phi) is 10.6. The molecule has 0 spiro atoms. The molecule has 3 fully saturated rings. The van der Waals surface area contributed by atoms with E-state index in [0.717, 1.165) is 5.57 Å². The molecule has 1 heterocycles. The summed E-state index contributed by atoms with van der Waals surface area (Å²) in [5.41, 5.74) is 0.446. The Balaban J connectivity index is 2.18. The highest BCUT2D eigenvalue weighted by Gasteiger charge is 2.70. The lowest BCUT2D eigenvalue weighted by Crippen LogP contribution is -2.58. The van der Waals surface area contributed by atoms with Crippen LogP contribution in [0.2, 0.25) is 0 Å². The first-order valence-corrected chi connectivity index (χ1v) is 14.9. The fraction of sp³-hybridized carbons (Fsp3) is 0.750. The summed E-state index contributed by atoms with van der Waals surface area (Å²) in [5, 5.41) is 0. The number of carbonyl (C=O) groups excluding carboxylic acids is 4. The van der Waals surface area contributed by atoms with Crippen LogP contribution in [-0.4, -0.2) is 67.4 Å². The number of allylic oxidation sites excluding steroid dienone is 1. The number of fused-ring (bicyclic) bond motifs is 1. The highest BCUT2D eigenvalue weighted by Crippen LogP contribution is 2.59. The van der Waals surface area contributed by atoms with Crippen LogP contribution in [0.15, 0.2) is 23.8 Å². The first-order valence-electron chi connectivity index (χ1n) is 14.9. The van der Waals surface area contributed by atoms with Gasteiger partial charge in [0.05, 0.1) is 36.1 Å². The lowest BCUT2D eigenvalue weighted by atomic mass is 9.61. The second kappa shape index (κ2) is 13.2. The van der Waals surface area contributed by atoms with Gasteiger partial charge in [0, 0.05) is 25.0 Å². The van der Waals surface area contributed by atoms with E-state index in [1.807, 2.05) is 34.6 Å². The van der Waals surface area contributed by atoms with Crippen molar-refractivity contribution in [2.24, 2.45) is 35.5 Å². The Morgan fingerprint density at radius 2 is 1.59 bits per heavy atom. The van der Waals surface area contributed by atoms with Crippen molar-refractivity contribution in [1.29, 1.82) is 0 Å². The van der Waals surface area contributed by atoms with E-state index < -0.39 is 83.4 Å². The van der Waals surface area contributed by atoms with Crippen LogP contribution < -0.4 is 0 Å². The fourth-order valence-electron chi connectivity index (χ4n) is 6.13. The number of ether oxygens (including phenoxy) is 5. The van der Waals surface area contributed by atoms with Gasteiger partial charge in [0.15, 0.2) is 18.0 Å². The average molecular weight is 577 g/mol. The van der Waals surface area contributed by atoms with Crippen molar-refractivity contribution in [3.63, 3.8) is 0 Å². The molecule has 0 aromatic carbocycles. The molecule has 9 nitrogen and oxygen atoms in total. The summed E-state index contributed by atoms with van der Waals surface area (Å²) in [6.45, 7) is 19.5. The van der Waals surface area contributed by atoms with Crippen LogP contribution >= 0.6 is 0 Å². The van der Waals surface area contributed by atoms with E-state index in [0.29, 0.717) is 31.4 Å². The third-order valence-corrected chi connectivity index (χ3v) is 9.50. The predicted molar refractivity (Wildman–Crippen MR) is 152 cm³/mol. The SMILES string of the molecule is C=C1[C@H]2[C@@H]([C@@H]([C@@H](C)OC)C(=O)[C@H]2OC(=O)C(C)CC)[C@H]([C@@]2(C)CO2)[C@@H](OC(=O)C(C)CC)[C@H]1OC(=O)/C=C(\C)CC. The van der Waals surface area contributed by atoms with E-state index in [1.165, 1.54) is 13.2 Å². The van der Waals surface area contributed by atoms with Crippen LogP contribution in [-0.2, 0) is 42.9 Å². The summed E-state index contributed by atoms with van der Waals surface area (Å²) in [4.78, 5) is 53.4. The standard InChI is InChI=1S/C32H48O9/c1-11-16(4)14-21(33)39-27-19(7)22-24(25(32(9)15-38-32)29(27)41-31(36)18(6)13-3)23(20(8)37-10)26(34)28(22)40-30(35)17(5)12-2/h14,17-18,20,22-25,27-29H,7,11-13,15H2,1-6,8-10H3/b16-14+/t17?,18?,20-,22+,23-,24+,25+,27+,28+,29-,32-/m1/s1. The van der Waals surface area contributed by atoms with Gasteiger partial charge in [-0.1, -0.05) is 46.8 Å². The maximum atomic E-state index is 14.1. The van der Waals surface area contributed by atoms with E-state index in [2.05, 4.69) is 6.58 Å². The third kappa shape index (κ3) is 6.61. The number of epoxide rings is 1. The Morgan fingerprint density at radius 1 is 1.02 bits per heavy atom. The Bertz CT molecular complexity index is 1060. The molecule has 9 heteroatoms. The van der Waals surface area contributed by atoms with Crippen molar-refractivity contribution in [1.82, 2.24) is 0 Å². The zero-order chi connectivity index (χ0) is 30.8. The maximum absolute atomic E-state index is 14.1. The van der Waals surface area contributed by atoms with Gasteiger partial charge in [0.1, 0.15) is 6.10 Å². The van der Waals surface area contributed by atoms with Crippen molar-refractivity contribution < 1.29 is 42.9 Å². The van der Waals surface area contributed by atoms with Crippen LogP contribution in [0.25, 0.3) is 0 Å². The number of ketones is 1. The fourth-order valence-corrected chi connectivity index (χ4v) is 6.13. The molecule has 11 atom stereocenters. The molecule has 0 amide bonds. The topological polar surface area (TPSA) is 118 Å². The van der Waals surface area contributed by atoms with Crippen molar-refractivity contribution in [3.05, 3.63) is 23.8 Å². The van der Waals surface area contributed by atoms with Crippen molar-refractivity contribution in [2.75, 3.05) is 13.7 Å². The van der Waals surface area contributed by atoms with Crippen molar-refractivity contribution >= 4 is 23.7 Å². The van der Waals surface area contributed by atoms with Gasteiger partial charge in [-0.15, -0.1) is 0 Å². The summed E-state index contributed by atoms with van der Waals surface area (Å²) in [7, 11) is 1.53. The molecule has 2 saturated carbocycles. The summed E-state index contributed by atoms with van der Waals surface area (Å²) in [5.74, 6) is -5.01. The minimum absolute atomic E-state index is 0.276. The van der Waals surface area contributed by atoms with Crippen molar-refractivity contribution in [3.8, 4) is 0 Å². The number of carbonyl (C=O) groups is 4. The molecule has 2 aliphatic carbocycles. The van der Waals surface area contributed by atoms with E-state index >= 15 is 0 Å². The third-order valence-electron chi connectivity index (χ3n) is 9.50. The Morgan fingerprint density at radius 3 is 2.07 bits per heavy atom. The molecule has 1 saturated heterocycles. The highest BCUT2D eigenvalue weighted by molar-refractivity contribution is 5.92. The number of hydrogen-bond donors (Lipinski definition) is 0. The lowest BCUT2D eigenvalue weighted by Gasteiger charge is -2.48. The molecule has 0 bridgehead atoms. The summed E-state index contributed by atoms with van der Waals surface area (Å²) in [6.07, 6.45) is -0.508. The number of esters is 3. The minimum atomic E-state index is -1.14. The Hall–Kier alpha value is -2.52. The molecule has 0 N–H and O–H groups in total. The van der Waals surface area contributed by atoms with Crippen LogP contribution in [0.5, 0.6) is 0 Å². The van der Waals surface area contributed by atoms with Gasteiger partial charge in [0.2, 0.25) is 0 Å².